The highest BCUT2D eigenvalue weighted by Crippen LogP contribution is 2.25. The summed E-state index contributed by atoms with van der Waals surface area (Å²) >= 11 is 0. The van der Waals surface area contributed by atoms with E-state index in [1.54, 1.807) is 7.11 Å². The number of carbonyl (C=O) groups is 1. The van der Waals surface area contributed by atoms with Crippen LogP contribution in [0.2, 0.25) is 0 Å². The molecule has 8 nitrogen and oxygen atoms in total. The van der Waals surface area contributed by atoms with E-state index in [1.165, 1.54) is 24.4 Å². The van der Waals surface area contributed by atoms with Crippen LogP contribution in [0, 0.1) is 17.0 Å². The minimum atomic E-state index is -0.688. The molecule has 0 heterocycles. The van der Waals surface area contributed by atoms with Crippen LogP contribution in [-0.2, 0) is 11.2 Å². The number of rotatable bonds is 8. The van der Waals surface area contributed by atoms with Crippen LogP contribution in [0.15, 0.2) is 41.5 Å². The van der Waals surface area contributed by atoms with Gasteiger partial charge in [0.15, 0.2) is 5.75 Å². The van der Waals surface area contributed by atoms with Crippen molar-refractivity contribution >= 4 is 17.8 Å². The van der Waals surface area contributed by atoms with Crippen LogP contribution in [0.3, 0.4) is 0 Å². The predicted molar refractivity (Wildman–Crippen MR) is 101 cm³/mol. The molecular formula is C19H21N3O5. The molecule has 2 aromatic rings. The van der Waals surface area contributed by atoms with Crippen LogP contribution in [0.1, 0.15) is 29.5 Å². The Kier molecular flexibility index (Phi) is 6.87. The van der Waals surface area contributed by atoms with Crippen LogP contribution in [0.25, 0.3) is 0 Å². The molecule has 8 heteroatoms. The number of hydrogen-bond acceptors (Lipinski definition) is 6. The molecule has 2 aromatic carbocycles. The number of ether oxygens (including phenoxy) is 1. The largest absolute Gasteiger partial charge is 0.502 e. The quantitative estimate of drug-likeness (QED) is 0.420. The molecular weight excluding hydrogens is 350 g/mol. The predicted octanol–water partition coefficient (Wildman–Crippen LogP) is 3.09. The van der Waals surface area contributed by atoms with E-state index < -0.39 is 16.4 Å². The Morgan fingerprint density at radius 3 is 2.78 bits per heavy atom. The lowest BCUT2D eigenvalue weighted by molar-refractivity contribution is -0.385. The molecule has 0 radical (unpaired) electrons. The van der Waals surface area contributed by atoms with Crippen molar-refractivity contribution in [1.82, 2.24) is 5.43 Å². The van der Waals surface area contributed by atoms with Gasteiger partial charge in [0.05, 0.1) is 18.2 Å². The third-order valence-corrected chi connectivity index (χ3v) is 3.93. The Balaban J connectivity index is 1.81. The zero-order valence-corrected chi connectivity index (χ0v) is 15.1. The van der Waals surface area contributed by atoms with E-state index >= 15 is 0 Å². The average Bonchev–Trinajstić information content (AvgIpc) is 2.63. The molecule has 0 saturated carbocycles. The Morgan fingerprint density at radius 1 is 1.33 bits per heavy atom. The van der Waals surface area contributed by atoms with E-state index in [4.69, 9.17) is 4.74 Å². The molecule has 0 saturated heterocycles. The molecule has 2 rings (SSSR count). The van der Waals surface area contributed by atoms with Gasteiger partial charge in [0.25, 0.3) is 0 Å². The molecule has 0 fully saturated rings. The number of amides is 1. The fourth-order valence-corrected chi connectivity index (χ4v) is 2.55. The van der Waals surface area contributed by atoms with Crippen molar-refractivity contribution in [1.29, 1.82) is 0 Å². The minimum absolute atomic E-state index is 0.246. The highest BCUT2D eigenvalue weighted by molar-refractivity contribution is 5.83. The number of aromatic hydroxyl groups is 1. The van der Waals surface area contributed by atoms with E-state index in [0.717, 1.165) is 23.3 Å². The Labute approximate surface area is 156 Å². The number of hydrazone groups is 1. The van der Waals surface area contributed by atoms with Crippen LogP contribution in [0.5, 0.6) is 11.5 Å². The molecule has 0 aliphatic heterocycles. The van der Waals surface area contributed by atoms with Crippen LogP contribution < -0.4 is 10.2 Å². The summed E-state index contributed by atoms with van der Waals surface area (Å²) in [6, 6.07) is 9.76. The van der Waals surface area contributed by atoms with Crippen molar-refractivity contribution in [2.45, 2.75) is 26.2 Å². The summed E-state index contributed by atoms with van der Waals surface area (Å²) in [4.78, 5) is 21.9. The van der Waals surface area contributed by atoms with Crippen molar-refractivity contribution in [3.63, 3.8) is 0 Å². The van der Waals surface area contributed by atoms with Crippen LogP contribution in [0.4, 0.5) is 5.69 Å². The van der Waals surface area contributed by atoms with Gasteiger partial charge in [-0.05, 0) is 49.1 Å². The summed E-state index contributed by atoms with van der Waals surface area (Å²) in [6.45, 7) is 1.97. The second-order valence-electron chi connectivity index (χ2n) is 5.96. The molecule has 1 amide bonds. The van der Waals surface area contributed by atoms with Gasteiger partial charge >= 0.3 is 5.69 Å². The van der Waals surface area contributed by atoms with Gasteiger partial charge < -0.3 is 9.84 Å². The first-order chi connectivity index (χ1) is 12.9. The van der Waals surface area contributed by atoms with Crippen molar-refractivity contribution < 1.29 is 19.6 Å². The van der Waals surface area contributed by atoms with Gasteiger partial charge in [0.2, 0.25) is 5.91 Å². The van der Waals surface area contributed by atoms with Gasteiger partial charge in [-0.2, -0.15) is 5.10 Å². The number of phenolic OH excluding ortho intramolecular Hbond substituents is 1. The third-order valence-electron chi connectivity index (χ3n) is 3.93. The zero-order valence-electron chi connectivity index (χ0n) is 15.1. The Bertz CT molecular complexity index is 864. The van der Waals surface area contributed by atoms with E-state index in [0.29, 0.717) is 18.4 Å². The summed E-state index contributed by atoms with van der Waals surface area (Å²) in [7, 11) is 1.63. The SMILES string of the molecule is COc1ccc(CCCC(=O)NN=Cc2ccc(O)c([N+](=O)[O-])c2)cc1C. The lowest BCUT2D eigenvalue weighted by atomic mass is 10.1. The molecule has 27 heavy (non-hydrogen) atoms. The molecule has 0 spiro atoms. The van der Waals surface area contributed by atoms with Crippen molar-refractivity contribution in [2.24, 2.45) is 5.10 Å². The van der Waals surface area contributed by atoms with Crippen LogP contribution >= 0.6 is 0 Å². The van der Waals surface area contributed by atoms with Gasteiger partial charge in [-0.3, -0.25) is 14.9 Å². The summed E-state index contributed by atoms with van der Waals surface area (Å²) in [6.07, 6.45) is 3.01. The van der Waals surface area contributed by atoms with E-state index in [1.807, 2.05) is 25.1 Å². The molecule has 0 atom stereocenters. The van der Waals surface area contributed by atoms with Gasteiger partial charge in [-0.25, -0.2) is 5.43 Å². The number of methoxy groups -OCH3 is 1. The van der Waals surface area contributed by atoms with E-state index in [-0.39, 0.29) is 5.91 Å². The molecule has 0 aliphatic carbocycles. The maximum Gasteiger partial charge on any atom is 0.311 e. The minimum Gasteiger partial charge on any atom is -0.502 e. The van der Waals surface area contributed by atoms with Crippen molar-refractivity contribution in [3.05, 3.63) is 63.2 Å². The summed E-state index contributed by atoms with van der Waals surface area (Å²) < 4.78 is 5.22. The first-order valence-corrected chi connectivity index (χ1v) is 8.33. The first kappa shape index (κ1) is 19.9. The number of phenols is 1. The van der Waals surface area contributed by atoms with Gasteiger partial charge in [-0.15, -0.1) is 0 Å². The second-order valence-corrected chi connectivity index (χ2v) is 5.96. The number of nitrogens with one attached hydrogen (secondary N) is 1. The molecule has 2 N–H and O–H groups in total. The maximum atomic E-state index is 11.8. The highest BCUT2D eigenvalue weighted by atomic mass is 16.6. The maximum absolute atomic E-state index is 11.8. The third kappa shape index (κ3) is 5.81. The smallest absolute Gasteiger partial charge is 0.311 e. The number of benzene rings is 2. The fraction of sp³-hybridized carbons (Fsp3) is 0.263. The van der Waals surface area contributed by atoms with E-state index in [9.17, 15) is 20.0 Å². The monoisotopic (exact) mass is 371 g/mol. The molecule has 0 bridgehead atoms. The summed E-state index contributed by atoms with van der Waals surface area (Å²) in [5, 5.41) is 24.0. The lowest BCUT2D eigenvalue weighted by Gasteiger charge is -2.07. The van der Waals surface area contributed by atoms with Gasteiger partial charge in [0, 0.05) is 18.1 Å². The highest BCUT2D eigenvalue weighted by Gasteiger charge is 2.12. The number of nitro groups is 1. The number of carbonyl (C=O) groups excluding carboxylic acids is 1. The lowest BCUT2D eigenvalue weighted by Crippen LogP contribution is -2.17. The summed E-state index contributed by atoms with van der Waals surface area (Å²) in [5.41, 5.74) is 4.54. The standard InChI is InChI=1S/C19H21N3O5/c1-13-10-14(7-9-18(13)27-2)4-3-5-19(24)21-20-12-15-6-8-17(23)16(11-15)22(25)26/h6-12,23H,3-5H2,1-2H3,(H,21,24). The topological polar surface area (TPSA) is 114 Å². The first-order valence-electron chi connectivity index (χ1n) is 8.33. The van der Waals surface area contributed by atoms with E-state index in [2.05, 4.69) is 10.5 Å². The average molecular weight is 371 g/mol. The normalized spacial score (nSPS) is 10.7. The number of hydrogen-bond donors (Lipinski definition) is 2. The molecule has 0 aliphatic rings. The second kappa shape index (κ2) is 9.33. The number of nitrogens with zero attached hydrogens (tertiary/aromatic N) is 2. The zero-order chi connectivity index (χ0) is 19.8. The fourth-order valence-electron chi connectivity index (χ4n) is 2.55. The van der Waals surface area contributed by atoms with Gasteiger partial charge in [-0.1, -0.05) is 12.1 Å². The van der Waals surface area contributed by atoms with Crippen molar-refractivity contribution in [2.75, 3.05) is 7.11 Å². The van der Waals surface area contributed by atoms with Crippen LogP contribution in [-0.4, -0.2) is 29.3 Å². The number of aryl methyl sites for hydroxylation is 2. The molecule has 0 aromatic heterocycles. The van der Waals surface area contributed by atoms with Gasteiger partial charge in [0.1, 0.15) is 5.75 Å². The molecule has 0 unspecified atom stereocenters. The molecule has 142 valence electrons. The Hall–Kier alpha value is -3.42. The number of nitro benzene ring substituents is 1. The van der Waals surface area contributed by atoms with Crippen molar-refractivity contribution in [3.8, 4) is 11.5 Å². The summed E-state index contributed by atoms with van der Waals surface area (Å²) in [5.74, 6) is 0.167. The Morgan fingerprint density at radius 2 is 2.11 bits per heavy atom.